The van der Waals surface area contributed by atoms with Crippen LogP contribution in [0.25, 0.3) is 11.4 Å². The molecule has 3 heterocycles. The molecule has 0 fully saturated rings. The van der Waals surface area contributed by atoms with Gasteiger partial charge in [0.05, 0.1) is 0 Å². The fraction of sp³-hybridized carbons (Fsp3) is 0.143. The predicted octanol–water partition coefficient (Wildman–Crippen LogP) is 1.50. The first kappa shape index (κ1) is 9.28. The van der Waals surface area contributed by atoms with E-state index in [1.165, 1.54) is 11.4 Å². The SMILES string of the molecule is C1=C/C[n+]2ccccc2-c2cccc[n+]2C/1. The van der Waals surface area contributed by atoms with Gasteiger partial charge in [-0.2, -0.15) is 9.13 Å². The van der Waals surface area contributed by atoms with E-state index in [-0.39, 0.29) is 0 Å². The minimum atomic E-state index is 0.949. The minimum Gasteiger partial charge on any atom is -0.189 e. The molecule has 0 unspecified atom stereocenters. The number of rotatable bonds is 0. The van der Waals surface area contributed by atoms with Gasteiger partial charge in [0.1, 0.15) is 0 Å². The van der Waals surface area contributed by atoms with Crippen LogP contribution in [0, 0.1) is 0 Å². The fourth-order valence-electron chi connectivity index (χ4n) is 2.11. The van der Waals surface area contributed by atoms with Gasteiger partial charge in [-0.05, 0) is 24.3 Å². The summed E-state index contributed by atoms with van der Waals surface area (Å²) in [6.07, 6.45) is 8.68. The second kappa shape index (κ2) is 3.89. The average Bonchev–Trinajstić information content (AvgIpc) is 2.33. The van der Waals surface area contributed by atoms with Gasteiger partial charge in [0.2, 0.25) is 0 Å². The van der Waals surface area contributed by atoms with Gasteiger partial charge in [-0.1, -0.05) is 0 Å². The molecule has 0 spiro atoms. The molecule has 16 heavy (non-hydrogen) atoms. The molecule has 78 valence electrons. The van der Waals surface area contributed by atoms with Crippen LogP contribution in [0.4, 0.5) is 0 Å². The third kappa shape index (κ3) is 1.52. The Kier molecular flexibility index (Phi) is 2.26. The van der Waals surface area contributed by atoms with Gasteiger partial charge in [-0.15, -0.1) is 0 Å². The number of allylic oxidation sites excluding steroid dienone is 2. The van der Waals surface area contributed by atoms with Gasteiger partial charge in [0, 0.05) is 24.3 Å². The summed E-state index contributed by atoms with van der Waals surface area (Å²) in [6, 6.07) is 12.7. The zero-order valence-electron chi connectivity index (χ0n) is 9.08. The first-order valence-electron chi connectivity index (χ1n) is 5.57. The average molecular weight is 210 g/mol. The maximum absolute atomic E-state index is 2.27. The second-order valence-electron chi connectivity index (χ2n) is 3.95. The second-order valence-corrected chi connectivity index (χ2v) is 3.95. The van der Waals surface area contributed by atoms with Crippen molar-refractivity contribution in [3.05, 3.63) is 60.9 Å². The Morgan fingerprint density at radius 3 is 1.69 bits per heavy atom. The van der Waals surface area contributed by atoms with Crippen LogP contribution in [0.2, 0.25) is 0 Å². The van der Waals surface area contributed by atoms with Gasteiger partial charge >= 0.3 is 0 Å². The third-order valence-electron chi connectivity index (χ3n) is 2.91. The van der Waals surface area contributed by atoms with Gasteiger partial charge in [-0.25, -0.2) is 0 Å². The van der Waals surface area contributed by atoms with Gasteiger partial charge in [-0.3, -0.25) is 0 Å². The highest BCUT2D eigenvalue weighted by Gasteiger charge is 2.21. The lowest BCUT2D eigenvalue weighted by molar-refractivity contribution is -0.709. The van der Waals surface area contributed by atoms with Crippen LogP contribution >= 0.6 is 0 Å². The van der Waals surface area contributed by atoms with Crippen molar-refractivity contribution in [1.82, 2.24) is 0 Å². The largest absolute Gasteiger partial charge is 0.277 e. The maximum Gasteiger partial charge on any atom is 0.277 e. The van der Waals surface area contributed by atoms with E-state index < -0.39 is 0 Å². The molecule has 0 aliphatic carbocycles. The smallest absolute Gasteiger partial charge is 0.189 e. The zero-order valence-corrected chi connectivity index (χ0v) is 9.08. The van der Waals surface area contributed by atoms with Crippen molar-refractivity contribution in [2.45, 2.75) is 13.1 Å². The lowest BCUT2D eigenvalue weighted by Crippen LogP contribution is -2.43. The van der Waals surface area contributed by atoms with E-state index in [0.29, 0.717) is 0 Å². The topological polar surface area (TPSA) is 7.76 Å². The molecule has 0 bridgehead atoms. The predicted molar refractivity (Wildman–Crippen MR) is 61.4 cm³/mol. The third-order valence-corrected chi connectivity index (χ3v) is 2.91. The van der Waals surface area contributed by atoms with Crippen molar-refractivity contribution in [3.8, 4) is 11.4 Å². The molecule has 1 aliphatic heterocycles. The number of pyridine rings is 2. The van der Waals surface area contributed by atoms with Gasteiger partial charge < -0.3 is 0 Å². The van der Waals surface area contributed by atoms with Crippen LogP contribution in [-0.4, -0.2) is 0 Å². The molecule has 0 aromatic carbocycles. The summed E-state index contributed by atoms with van der Waals surface area (Å²) in [7, 11) is 0. The Morgan fingerprint density at radius 1 is 0.688 bits per heavy atom. The van der Waals surface area contributed by atoms with Gasteiger partial charge in [0.15, 0.2) is 25.5 Å². The van der Waals surface area contributed by atoms with E-state index in [2.05, 4.69) is 70.1 Å². The van der Waals surface area contributed by atoms with Crippen LogP contribution in [0.3, 0.4) is 0 Å². The van der Waals surface area contributed by atoms with E-state index in [0.717, 1.165) is 13.1 Å². The molecule has 2 heteroatoms. The van der Waals surface area contributed by atoms with Crippen molar-refractivity contribution in [2.75, 3.05) is 0 Å². The molecule has 0 saturated carbocycles. The highest BCUT2D eigenvalue weighted by Crippen LogP contribution is 2.10. The van der Waals surface area contributed by atoms with Crippen molar-refractivity contribution < 1.29 is 9.13 Å². The molecule has 2 aromatic rings. The Hall–Kier alpha value is -1.96. The molecule has 0 amide bonds. The monoisotopic (exact) mass is 210 g/mol. The van der Waals surface area contributed by atoms with E-state index in [4.69, 9.17) is 0 Å². The molecule has 0 saturated heterocycles. The Morgan fingerprint density at radius 2 is 1.19 bits per heavy atom. The Labute approximate surface area is 95.1 Å². The summed E-state index contributed by atoms with van der Waals surface area (Å²) in [4.78, 5) is 0. The first-order chi connectivity index (χ1) is 7.95. The van der Waals surface area contributed by atoms with Crippen LogP contribution in [-0.2, 0) is 13.1 Å². The summed E-state index contributed by atoms with van der Waals surface area (Å²) in [5.41, 5.74) is 2.54. The van der Waals surface area contributed by atoms with Crippen molar-refractivity contribution in [1.29, 1.82) is 0 Å². The molecule has 1 aliphatic rings. The molecular weight excluding hydrogens is 196 g/mol. The normalized spacial score (nSPS) is 15.5. The first-order valence-corrected chi connectivity index (χ1v) is 5.57. The molecule has 0 radical (unpaired) electrons. The van der Waals surface area contributed by atoms with E-state index in [1.54, 1.807) is 0 Å². The molecule has 2 nitrogen and oxygen atoms in total. The summed E-state index contributed by atoms with van der Waals surface area (Å²) in [5.74, 6) is 0. The number of aromatic nitrogens is 2. The highest BCUT2D eigenvalue weighted by atomic mass is 15.0. The Bertz CT molecular complexity index is 494. The van der Waals surface area contributed by atoms with E-state index in [1.807, 2.05) is 0 Å². The number of fused-ring (bicyclic) bond motifs is 3. The number of hydrogen-bond donors (Lipinski definition) is 0. The highest BCUT2D eigenvalue weighted by molar-refractivity contribution is 5.45. The Balaban J connectivity index is 2.27. The lowest BCUT2D eigenvalue weighted by Gasteiger charge is -2.04. The van der Waals surface area contributed by atoms with Crippen LogP contribution < -0.4 is 9.13 Å². The molecular formula is C14H14N2+2. The van der Waals surface area contributed by atoms with Crippen molar-refractivity contribution in [2.24, 2.45) is 0 Å². The molecule has 0 N–H and O–H groups in total. The molecule has 3 rings (SSSR count). The molecule has 0 atom stereocenters. The van der Waals surface area contributed by atoms with E-state index in [9.17, 15) is 0 Å². The minimum absolute atomic E-state index is 0.949. The lowest BCUT2D eigenvalue weighted by atomic mass is 10.2. The summed E-state index contributed by atoms with van der Waals surface area (Å²) in [5, 5.41) is 0. The van der Waals surface area contributed by atoms with Crippen LogP contribution in [0.5, 0.6) is 0 Å². The van der Waals surface area contributed by atoms with Crippen molar-refractivity contribution >= 4 is 0 Å². The van der Waals surface area contributed by atoms with E-state index >= 15 is 0 Å². The fourth-order valence-corrected chi connectivity index (χ4v) is 2.11. The standard InChI is InChI=1S/C14H14N2/c1-3-9-15-11-5-6-12-16-10-4-2-8-14(16)13(15)7-1/h1-10H,11-12H2/q+2/b6-5+. The maximum atomic E-state index is 2.27. The number of hydrogen-bond acceptors (Lipinski definition) is 0. The summed E-state index contributed by atoms with van der Waals surface area (Å²) in [6.45, 7) is 1.90. The number of nitrogens with zero attached hydrogens (tertiary/aromatic N) is 2. The van der Waals surface area contributed by atoms with Crippen LogP contribution in [0.15, 0.2) is 60.9 Å². The summed E-state index contributed by atoms with van der Waals surface area (Å²) < 4.78 is 4.53. The van der Waals surface area contributed by atoms with Crippen LogP contribution in [0.1, 0.15) is 0 Å². The van der Waals surface area contributed by atoms with Gasteiger partial charge in [0.25, 0.3) is 11.4 Å². The molecule has 2 aromatic heterocycles. The van der Waals surface area contributed by atoms with Crippen molar-refractivity contribution in [3.63, 3.8) is 0 Å². The zero-order chi connectivity index (χ0) is 10.8. The quantitative estimate of drug-likeness (QED) is 0.460. The summed E-state index contributed by atoms with van der Waals surface area (Å²) >= 11 is 0.